The summed E-state index contributed by atoms with van der Waals surface area (Å²) >= 11 is 3.36. The fraction of sp³-hybridized carbons (Fsp3) is 0.353. The Morgan fingerprint density at radius 1 is 1.35 bits per heavy atom. The van der Waals surface area contributed by atoms with Gasteiger partial charge in [0.2, 0.25) is 0 Å². The van der Waals surface area contributed by atoms with E-state index in [4.69, 9.17) is 4.84 Å². The number of aromatic nitrogens is 3. The zero-order valence-corrected chi connectivity index (χ0v) is 16.5. The van der Waals surface area contributed by atoms with E-state index in [9.17, 15) is 4.79 Å². The average molecular weight is 421 g/mol. The smallest absolute Gasteiger partial charge is 0.280 e. The van der Waals surface area contributed by atoms with Crippen LogP contribution in [0.3, 0.4) is 0 Å². The molecule has 9 heteroatoms. The molecule has 0 spiro atoms. The van der Waals surface area contributed by atoms with E-state index in [2.05, 4.69) is 41.7 Å². The van der Waals surface area contributed by atoms with Crippen molar-refractivity contribution < 1.29 is 9.63 Å². The van der Waals surface area contributed by atoms with Gasteiger partial charge in [0.15, 0.2) is 6.61 Å². The lowest BCUT2D eigenvalue weighted by Crippen LogP contribution is -2.27. The van der Waals surface area contributed by atoms with E-state index in [1.165, 1.54) is 6.33 Å². The number of nitrogens with one attached hydrogen (secondary N) is 1. The van der Waals surface area contributed by atoms with Crippen LogP contribution < -0.4 is 5.43 Å². The lowest BCUT2D eigenvalue weighted by molar-refractivity contribution is -0.125. The van der Waals surface area contributed by atoms with E-state index in [0.29, 0.717) is 6.54 Å². The number of oxime groups is 1. The van der Waals surface area contributed by atoms with Crippen LogP contribution in [0.2, 0.25) is 0 Å². The molecule has 2 aromatic rings. The van der Waals surface area contributed by atoms with Crippen molar-refractivity contribution >= 4 is 33.8 Å². The van der Waals surface area contributed by atoms with Crippen LogP contribution in [-0.4, -0.2) is 39.2 Å². The molecule has 0 aliphatic carbocycles. The van der Waals surface area contributed by atoms with Gasteiger partial charge in [0.1, 0.15) is 12.7 Å². The Hall–Kier alpha value is -2.55. The van der Waals surface area contributed by atoms with E-state index >= 15 is 0 Å². The number of halogens is 1. The highest BCUT2D eigenvalue weighted by molar-refractivity contribution is 9.10. The first-order chi connectivity index (χ1) is 12.3. The molecule has 1 aromatic carbocycles. The van der Waals surface area contributed by atoms with Gasteiger partial charge in [-0.2, -0.15) is 10.2 Å². The van der Waals surface area contributed by atoms with Crippen molar-refractivity contribution in [3.8, 4) is 0 Å². The second-order valence-electron chi connectivity index (χ2n) is 6.50. The fourth-order valence-electron chi connectivity index (χ4n) is 1.80. The third-order valence-corrected chi connectivity index (χ3v) is 3.82. The minimum Gasteiger partial charge on any atom is -0.386 e. The van der Waals surface area contributed by atoms with Crippen LogP contribution in [0.15, 0.2) is 51.6 Å². The second-order valence-corrected chi connectivity index (χ2v) is 7.41. The lowest BCUT2D eigenvalue weighted by Gasteiger charge is -2.20. The summed E-state index contributed by atoms with van der Waals surface area (Å²) < 4.78 is 2.63. The Morgan fingerprint density at radius 3 is 2.69 bits per heavy atom. The van der Waals surface area contributed by atoms with Crippen LogP contribution in [0.1, 0.15) is 26.3 Å². The van der Waals surface area contributed by atoms with Gasteiger partial charge >= 0.3 is 0 Å². The number of carbonyl (C=O) groups excluding carboxylic acids is 1. The Bertz CT molecular complexity index is 764. The number of nitrogens with zero attached hydrogens (tertiary/aromatic N) is 5. The van der Waals surface area contributed by atoms with E-state index in [1.807, 2.05) is 45.0 Å². The summed E-state index contributed by atoms with van der Waals surface area (Å²) in [5.41, 5.74) is 3.78. The SMILES string of the molecule is CC(C)(C)/C(Cn1cncn1)=N/OCC(=O)N/N=C/c1ccc(Br)cc1. The maximum Gasteiger partial charge on any atom is 0.280 e. The summed E-state index contributed by atoms with van der Waals surface area (Å²) in [5.74, 6) is -0.392. The first-order valence-electron chi connectivity index (χ1n) is 7.94. The molecule has 138 valence electrons. The van der Waals surface area contributed by atoms with Gasteiger partial charge in [-0.3, -0.25) is 4.79 Å². The molecule has 0 fully saturated rings. The molecular formula is C17H21BrN6O2. The maximum atomic E-state index is 11.8. The van der Waals surface area contributed by atoms with Crippen molar-refractivity contribution in [2.45, 2.75) is 27.3 Å². The molecule has 0 saturated carbocycles. The average Bonchev–Trinajstić information content (AvgIpc) is 3.08. The van der Waals surface area contributed by atoms with Crippen LogP contribution in [-0.2, 0) is 16.2 Å². The van der Waals surface area contributed by atoms with Gasteiger partial charge in [-0.05, 0) is 17.7 Å². The molecule has 2 rings (SSSR count). The molecule has 1 amide bonds. The highest BCUT2D eigenvalue weighted by Gasteiger charge is 2.21. The van der Waals surface area contributed by atoms with Crippen LogP contribution in [0.5, 0.6) is 0 Å². The minimum atomic E-state index is -0.392. The molecule has 8 nitrogen and oxygen atoms in total. The number of benzene rings is 1. The van der Waals surface area contributed by atoms with Crippen LogP contribution in [0.25, 0.3) is 0 Å². The van der Waals surface area contributed by atoms with Crippen molar-refractivity contribution in [2.75, 3.05) is 6.61 Å². The second kappa shape index (κ2) is 9.23. The molecule has 0 saturated heterocycles. The predicted octanol–water partition coefficient (Wildman–Crippen LogP) is 2.61. The zero-order valence-electron chi connectivity index (χ0n) is 14.9. The van der Waals surface area contributed by atoms with Crippen LogP contribution in [0.4, 0.5) is 0 Å². The molecule has 0 atom stereocenters. The quantitative estimate of drug-likeness (QED) is 0.550. The fourth-order valence-corrected chi connectivity index (χ4v) is 2.06. The van der Waals surface area contributed by atoms with E-state index < -0.39 is 5.91 Å². The van der Waals surface area contributed by atoms with Gasteiger partial charge in [0.25, 0.3) is 5.91 Å². The topological polar surface area (TPSA) is 93.8 Å². The Labute approximate surface area is 160 Å². The molecule has 0 radical (unpaired) electrons. The van der Waals surface area contributed by atoms with Crippen LogP contribution in [0, 0.1) is 5.41 Å². The van der Waals surface area contributed by atoms with Gasteiger partial charge in [-0.15, -0.1) is 0 Å². The largest absolute Gasteiger partial charge is 0.386 e. The van der Waals surface area contributed by atoms with Gasteiger partial charge in [0, 0.05) is 9.89 Å². The van der Waals surface area contributed by atoms with E-state index in [1.54, 1.807) is 17.2 Å². The lowest BCUT2D eigenvalue weighted by atomic mass is 9.90. The van der Waals surface area contributed by atoms with Crippen LogP contribution >= 0.6 is 15.9 Å². The molecule has 1 aromatic heterocycles. The molecule has 0 bridgehead atoms. The summed E-state index contributed by atoms with van der Waals surface area (Å²) in [5, 5.41) is 12.0. The minimum absolute atomic E-state index is 0.228. The van der Waals surface area contributed by atoms with Gasteiger partial charge in [-0.25, -0.2) is 15.1 Å². The van der Waals surface area contributed by atoms with Crippen molar-refractivity contribution in [2.24, 2.45) is 15.7 Å². The Balaban J connectivity index is 1.84. The summed E-state index contributed by atoms with van der Waals surface area (Å²) in [7, 11) is 0. The number of hydrazone groups is 1. The molecular weight excluding hydrogens is 400 g/mol. The first-order valence-corrected chi connectivity index (χ1v) is 8.73. The molecule has 0 unspecified atom stereocenters. The normalized spacial score (nSPS) is 12.4. The van der Waals surface area contributed by atoms with Gasteiger partial charge in [0.05, 0.1) is 18.5 Å². The highest BCUT2D eigenvalue weighted by Crippen LogP contribution is 2.17. The van der Waals surface area contributed by atoms with Gasteiger partial charge in [-0.1, -0.05) is 54.0 Å². The number of hydrogen-bond donors (Lipinski definition) is 1. The summed E-state index contributed by atoms with van der Waals surface area (Å²) in [4.78, 5) is 20.9. The molecule has 26 heavy (non-hydrogen) atoms. The van der Waals surface area contributed by atoms with Crippen molar-refractivity contribution in [1.29, 1.82) is 0 Å². The van der Waals surface area contributed by atoms with E-state index in [-0.39, 0.29) is 12.0 Å². The number of rotatable bonds is 7. The van der Waals surface area contributed by atoms with E-state index in [0.717, 1.165) is 15.7 Å². The zero-order chi connectivity index (χ0) is 19.0. The van der Waals surface area contributed by atoms with Crippen molar-refractivity contribution in [1.82, 2.24) is 20.2 Å². The number of amides is 1. The predicted molar refractivity (Wildman–Crippen MR) is 103 cm³/mol. The summed E-state index contributed by atoms with van der Waals surface area (Å²) in [6.07, 6.45) is 4.61. The standard InChI is InChI=1S/C17H21BrN6O2/c1-17(2,3)15(9-24-12-19-11-21-24)23-26-10-16(25)22-20-8-13-4-6-14(18)7-5-13/h4-8,11-12H,9-10H2,1-3H3,(H,22,25)/b20-8+,23-15+. The monoisotopic (exact) mass is 420 g/mol. The third kappa shape index (κ3) is 6.75. The van der Waals surface area contributed by atoms with Crippen molar-refractivity contribution in [3.05, 3.63) is 47.0 Å². The molecule has 1 heterocycles. The maximum absolute atomic E-state index is 11.8. The molecule has 1 N–H and O–H groups in total. The summed E-state index contributed by atoms with van der Waals surface area (Å²) in [6, 6.07) is 7.54. The third-order valence-electron chi connectivity index (χ3n) is 3.29. The molecule has 0 aliphatic rings. The summed E-state index contributed by atoms with van der Waals surface area (Å²) in [6.45, 7) is 6.24. The number of carbonyl (C=O) groups is 1. The Kier molecular flexibility index (Phi) is 7.02. The van der Waals surface area contributed by atoms with Gasteiger partial charge < -0.3 is 4.84 Å². The molecule has 0 aliphatic heterocycles. The highest BCUT2D eigenvalue weighted by atomic mass is 79.9. The Morgan fingerprint density at radius 2 is 2.08 bits per heavy atom. The number of hydrogen-bond acceptors (Lipinski definition) is 6. The first kappa shape index (κ1) is 19.8. The van der Waals surface area contributed by atoms with Crippen molar-refractivity contribution in [3.63, 3.8) is 0 Å².